The van der Waals surface area contributed by atoms with E-state index in [4.69, 9.17) is 10.8 Å². The number of nitrogens with zero attached hydrogens (tertiary/aromatic N) is 3. The molecule has 0 aliphatic carbocycles. The highest BCUT2D eigenvalue weighted by molar-refractivity contribution is 9.10. The Morgan fingerprint density at radius 3 is 2.90 bits per heavy atom. The van der Waals surface area contributed by atoms with Crippen molar-refractivity contribution in [2.45, 2.75) is 26.7 Å². The lowest BCUT2D eigenvalue weighted by Crippen LogP contribution is -2.01. The minimum absolute atomic E-state index is 0.587. The summed E-state index contributed by atoms with van der Waals surface area (Å²) in [5.41, 5.74) is 9.92. The Balaban J connectivity index is 2.25. The van der Waals surface area contributed by atoms with E-state index in [0.29, 0.717) is 5.82 Å². The second kappa shape index (κ2) is 4.94. The molecule has 2 heterocycles. The van der Waals surface area contributed by atoms with E-state index in [1.165, 1.54) is 0 Å². The Hall–Kier alpha value is -1.82. The van der Waals surface area contributed by atoms with Crippen LogP contribution in [0.25, 0.3) is 16.7 Å². The average Bonchev–Trinajstić information content (AvgIpc) is 2.93. The Morgan fingerprint density at radius 1 is 1.40 bits per heavy atom. The highest BCUT2D eigenvalue weighted by Crippen LogP contribution is 2.28. The zero-order chi connectivity index (χ0) is 14.3. The van der Waals surface area contributed by atoms with Crippen molar-refractivity contribution in [3.8, 4) is 5.69 Å². The number of fused-ring (bicyclic) bond motifs is 1. The first-order chi connectivity index (χ1) is 9.61. The summed E-state index contributed by atoms with van der Waals surface area (Å²) < 4.78 is 2.92. The number of benzene rings is 1. The van der Waals surface area contributed by atoms with E-state index in [1.807, 2.05) is 16.8 Å². The molecular formula is C14H16BrN5. The molecule has 0 fully saturated rings. The number of nitrogens with two attached hydrogens (primary N) is 1. The lowest BCUT2D eigenvalue weighted by molar-refractivity contribution is 0.806. The molecule has 3 N–H and O–H groups in total. The maximum absolute atomic E-state index is 5.98. The first-order valence-corrected chi connectivity index (χ1v) is 7.39. The predicted molar refractivity (Wildman–Crippen MR) is 84.1 cm³/mol. The van der Waals surface area contributed by atoms with Gasteiger partial charge in [0.25, 0.3) is 0 Å². The third-order valence-electron chi connectivity index (χ3n) is 3.36. The second-order valence-corrected chi connectivity index (χ2v) is 5.79. The van der Waals surface area contributed by atoms with Crippen molar-refractivity contribution >= 4 is 32.8 Å². The van der Waals surface area contributed by atoms with Gasteiger partial charge in [-0.3, -0.25) is 5.10 Å². The summed E-state index contributed by atoms with van der Waals surface area (Å²) in [6.07, 6.45) is 1.92. The van der Waals surface area contributed by atoms with Gasteiger partial charge in [0.15, 0.2) is 5.65 Å². The summed E-state index contributed by atoms with van der Waals surface area (Å²) >= 11 is 3.48. The number of hydrogen-bond donors (Lipinski definition) is 2. The Morgan fingerprint density at radius 2 is 2.20 bits per heavy atom. The van der Waals surface area contributed by atoms with E-state index in [9.17, 15) is 0 Å². The number of halogens is 1. The van der Waals surface area contributed by atoms with Crippen LogP contribution in [0, 0.1) is 6.92 Å². The van der Waals surface area contributed by atoms with Gasteiger partial charge in [-0.1, -0.05) is 29.3 Å². The number of aryl methyl sites for hydroxylation is 2. The van der Waals surface area contributed by atoms with Crippen molar-refractivity contribution < 1.29 is 0 Å². The molecule has 20 heavy (non-hydrogen) atoms. The molecule has 2 aromatic heterocycles. The number of aromatic nitrogens is 4. The van der Waals surface area contributed by atoms with Crippen molar-refractivity contribution in [2.75, 3.05) is 5.73 Å². The zero-order valence-corrected chi connectivity index (χ0v) is 13.0. The molecule has 6 heteroatoms. The van der Waals surface area contributed by atoms with Gasteiger partial charge in [-0.05, 0) is 37.1 Å². The summed E-state index contributed by atoms with van der Waals surface area (Å²) in [5, 5.41) is 12.8. The van der Waals surface area contributed by atoms with Gasteiger partial charge in [0.2, 0.25) is 0 Å². The molecule has 0 radical (unpaired) electrons. The smallest absolute Gasteiger partial charge is 0.186 e. The summed E-state index contributed by atoms with van der Waals surface area (Å²) in [5.74, 6) is 0.587. The normalized spacial score (nSPS) is 11.3. The average molecular weight is 334 g/mol. The van der Waals surface area contributed by atoms with Crippen molar-refractivity contribution in [3.63, 3.8) is 0 Å². The quantitative estimate of drug-likeness (QED) is 0.771. The highest BCUT2D eigenvalue weighted by atomic mass is 79.9. The van der Waals surface area contributed by atoms with E-state index in [2.05, 4.69) is 46.0 Å². The number of rotatable bonds is 3. The molecule has 3 rings (SSSR count). The van der Waals surface area contributed by atoms with Crippen LogP contribution in [-0.2, 0) is 6.42 Å². The largest absolute Gasteiger partial charge is 0.383 e. The minimum Gasteiger partial charge on any atom is -0.383 e. The van der Waals surface area contributed by atoms with Crippen LogP contribution in [0.5, 0.6) is 0 Å². The van der Waals surface area contributed by atoms with Crippen molar-refractivity contribution in [1.82, 2.24) is 20.0 Å². The maximum Gasteiger partial charge on any atom is 0.186 e. The molecule has 0 bridgehead atoms. The van der Waals surface area contributed by atoms with Crippen molar-refractivity contribution in [2.24, 2.45) is 0 Å². The van der Waals surface area contributed by atoms with Crippen LogP contribution < -0.4 is 5.73 Å². The number of nitrogens with one attached hydrogen (secondary N) is 1. The maximum atomic E-state index is 5.98. The van der Waals surface area contributed by atoms with E-state index < -0.39 is 0 Å². The molecule has 0 atom stereocenters. The molecule has 0 amide bonds. The van der Waals surface area contributed by atoms with Crippen LogP contribution in [0.4, 0.5) is 5.82 Å². The Bertz CT molecular complexity index is 771. The number of anilines is 1. The van der Waals surface area contributed by atoms with Gasteiger partial charge in [0, 0.05) is 4.47 Å². The fourth-order valence-electron chi connectivity index (χ4n) is 2.44. The van der Waals surface area contributed by atoms with Gasteiger partial charge in [0.05, 0.1) is 16.8 Å². The van der Waals surface area contributed by atoms with Gasteiger partial charge in [-0.25, -0.2) is 4.68 Å². The highest BCUT2D eigenvalue weighted by Gasteiger charge is 2.17. The van der Waals surface area contributed by atoms with Crippen molar-refractivity contribution in [1.29, 1.82) is 0 Å². The number of aromatic amines is 1. The second-order valence-electron chi connectivity index (χ2n) is 4.88. The molecule has 1 aromatic carbocycles. The molecule has 104 valence electrons. The monoisotopic (exact) mass is 333 g/mol. The van der Waals surface area contributed by atoms with E-state index >= 15 is 0 Å². The molecule has 0 spiro atoms. The molecule has 0 unspecified atom stereocenters. The zero-order valence-electron chi connectivity index (χ0n) is 11.4. The van der Waals surface area contributed by atoms with Crippen LogP contribution in [0.1, 0.15) is 24.6 Å². The van der Waals surface area contributed by atoms with Crippen LogP contribution in [0.2, 0.25) is 0 Å². The van der Waals surface area contributed by atoms with Gasteiger partial charge in [-0.2, -0.15) is 10.2 Å². The first-order valence-electron chi connectivity index (χ1n) is 6.59. The predicted octanol–water partition coefficient (Wildman–Crippen LogP) is 3.35. The van der Waals surface area contributed by atoms with Gasteiger partial charge >= 0.3 is 0 Å². The number of hydrogen-bond acceptors (Lipinski definition) is 3. The summed E-state index contributed by atoms with van der Waals surface area (Å²) in [4.78, 5) is 0. The third-order valence-corrected chi connectivity index (χ3v) is 3.85. The van der Waals surface area contributed by atoms with Crippen LogP contribution in [0.3, 0.4) is 0 Å². The van der Waals surface area contributed by atoms with E-state index in [-0.39, 0.29) is 0 Å². The number of nitrogen functional groups attached to an aromatic ring is 1. The molecular weight excluding hydrogens is 318 g/mol. The van der Waals surface area contributed by atoms with Crippen LogP contribution in [-0.4, -0.2) is 20.0 Å². The fraction of sp³-hybridized carbons (Fsp3) is 0.286. The topological polar surface area (TPSA) is 72.5 Å². The number of H-pyrrole nitrogens is 1. The molecule has 0 saturated heterocycles. The Labute approximate surface area is 125 Å². The first kappa shape index (κ1) is 13.2. The minimum atomic E-state index is 0.587. The molecule has 5 nitrogen and oxygen atoms in total. The molecule has 3 aromatic rings. The lowest BCUT2D eigenvalue weighted by atomic mass is 10.2. The molecule has 0 saturated carbocycles. The molecule has 0 aliphatic heterocycles. The Kier molecular flexibility index (Phi) is 3.25. The molecule has 0 aliphatic rings. The standard InChI is InChI=1S/C14H16BrN5/c1-3-4-10-12-13(16)17-18-14(12)20(19-10)11-6-5-9(15)7-8(11)2/h5-7H,3-4H2,1-2H3,(H3,16,17,18). The summed E-state index contributed by atoms with van der Waals surface area (Å²) in [6, 6.07) is 6.11. The lowest BCUT2D eigenvalue weighted by Gasteiger charge is -2.06. The van der Waals surface area contributed by atoms with E-state index in [1.54, 1.807) is 0 Å². The van der Waals surface area contributed by atoms with Crippen LogP contribution >= 0.6 is 15.9 Å². The fourth-order valence-corrected chi connectivity index (χ4v) is 2.91. The van der Waals surface area contributed by atoms with Gasteiger partial charge in [-0.15, -0.1) is 0 Å². The summed E-state index contributed by atoms with van der Waals surface area (Å²) in [6.45, 7) is 4.19. The van der Waals surface area contributed by atoms with Crippen LogP contribution in [0.15, 0.2) is 22.7 Å². The van der Waals surface area contributed by atoms with Gasteiger partial charge in [0.1, 0.15) is 5.82 Å². The van der Waals surface area contributed by atoms with Gasteiger partial charge < -0.3 is 5.73 Å². The van der Waals surface area contributed by atoms with E-state index in [0.717, 1.165) is 45.3 Å². The SMILES string of the molecule is CCCc1nn(-c2ccc(Br)cc2C)c2n[nH]c(N)c12. The third kappa shape index (κ3) is 2.00. The van der Waals surface area contributed by atoms with Crippen molar-refractivity contribution in [3.05, 3.63) is 33.9 Å². The summed E-state index contributed by atoms with van der Waals surface area (Å²) in [7, 11) is 0.